The lowest BCUT2D eigenvalue weighted by Crippen LogP contribution is -2.45. The summed E-state index contributed by atoms with van der Waals surface area (Å²) < 4.78 is 5.95. The first kappa shape index (κ1) is 15.4. The third kappa shape index (κ3) is 4.81. The second kappa shape index (κ2) is 7.72. The average molecular weight is 287 g/mol. The van der Waals surface area contributed by atoms with Crippen LogP contribution in [0.1, 0.15) is 25.3 Å². The van der Waals surface area contributed by atoms with Gasteiger partial charge < -0.3 is 15.4 Å². The molecule has 0 fully saturated rings. The van der Waals surface area contributed by atoms with E-state index in [-0.39, 0.29) is 6.10 Å². The Labute approximate surface area is 127 Å². The SMILES string of the molecule is CN=C(NCC(C)Oc1ccccc1C)NC1CC=CC1. The van der Waals surface area contributed by atoms with Gasteiger partial charge in [-0.05, 0) is 38.3 Å². The number of para-hydroxylation sites is 1. The van der Waals surface area contributed by atoms with Crippen LogP contribution in [0.25, 0.3) is 0 Å². The molecule has 0 spiro atoms. The summed E-state index contributed by atoms with van der Waals surface area (Å²) in [6.07, 6.45) is 6.61. The molecule has 0 aliphatic heterocycles. The Kier molecular flexibility index (Phi) is 5.67. The fourth-order valence-electron chi connectivity index (χ4n) is 2.31. The molecule has 0 saturated carbocycles. The van der Waals surface area contributed by atoms with Crippen molar-refractivity contribution in [3.05, 3.63) is 42.0 Å². The summed E-state index contributed by atoms with van der Waals surface area (Å²) in [5.41, 5.74) is 1.16. The van der Waals surface area contributed by atoms with Gasteiger partial charge in [0.15, 0.2) is 5.96 Å². The fourth-order valence-corrected chi connectivity index (χ4v) is 2.31. The van der Waals surface area contributed by atoms with Crippen LogP contribution in [0.5, 0.6) is 5.75 Å². The molecule has 1 aliphatic carbocycles. The zero-order valence-corrected chi connectivity index (χ0v) is 13.1. The van der Waals surface area contributed by atoms with E-state index in [4.69, 9.17) is 4.74 Å². The molecular formula is C17H25N3O. The van der Waals surface area contributed by atoms with Gasteiger partial charge in [-0.15, -0.1) is 0 Å². The van der Waals surface area contributed by atoms with Gasteiger partial charge in [-0.2, -0.15) is 0 Å². The Bertz CT molecular complexity index is 503. The minimum atomic E-state index is 0.0753. The Morgan fingerprint density at radius 2 is 2.05 bits per heavy atom. The van der Waals surface area contributed by atoms with E-state index in [0.29, 0.717) is 12.6 Å². The maximum Gasteiger partial charge on any atom is 0.191 e. The molecule has 1 aromatic carbocycles. The molecule has 4 nitrogen and oxygen atoms in total. The summed E-state index contributed by atoms with van der Waals surface area (Å²) in [6.45, 7) is 4.83. The van der Waals surface area contributed by atoms with Crippen LogP contribution >= 0.6 is 0 Å². The molecule has 1 atom stereocenters. The number of rotatable bonds is 5. The van der Waals surface area contributed by atoms with Crippen molar-refractivity contribution in [3.63, 3.8) is 0 Å². The maximum absolute atomic E-state index is 5.95. The van der Waals surface area contributed by atoms with Gasteiger partial charge in [-0.3, -0.25) is 4.99 Å². The van der Waals surface area contributed by atoms with Crippen molar-refractivity contribution in [1.82, 2.24) is 10.6 Å². The quantitative estimate of drug-likeness (QED) is 0.497. The zero-order valence-electron chi connectivity index (χ0n) is 13.1. The van der Waals surface area contributed by atoms with Gasteiger partial charge >= 0.3 is 0 Å². The molecule has 0 bridgehead atoms. The Hall–Kier alpha value is -1.97. The summed E-state index contributed by atoms with van der Waals surface area (Å²) in [4.78, 5) is 4.26. The van der Waals surface area contributed by atoms with Crippen LogP contribution in [0.4, 0.5) is 0 Å². The van der Waals surface area contributed by atoms with Crippen LogP contribution in [0.2, 0.25) is 0 Å². The van der Waals surface area contributed by atoms with Crippen LogP contribution in [0, 0.1) is 6.92 Å². The predicted molar refractivity (Wildman–Crippen MR) is 87.9 cm³/mol. The van der Waals surface area contributed by atoms with Gasteiger partial charge in [0.05, 0.1) is 6.54 Å². The number of aryl methyl sites for hydroxylation is 1. The molecule has 0 aromatic heterocycles. The average Bonchev–Trinajstić information content (AvgIpc) is 2.99. The van der Waals surface area contributed by atoms with Gasteiger partial charge in [-0.1, -0.05) is 30.4 Å². The van der Waals surface area contributed by atoms with E-state index in [1.807, 2.05) is 18.2 Å². The van der Waals surface area contributed by atoms with Crippen LogP contribution in [0.3, 0.4) is 0 Å². The van der Waals surface area contributed by atoms with E-state index in [2.05, 4.69) is 47.7 Å². The van der Waals surface area contributed by atoms with Crippen molar-refractivity contribution in [2.45, 2.75) is 38.8 Å². The highest BCUT2D eigenvalue weighted by Gasteiger charge is 2.12. The molecule has 0 heterocycles. The summed E-state index contributed by atoms with van der Waals surface area (Å²) in [5, 5.41) is 6.74. The fraction of sp³-hybridized carbons (Fsp3) is 0.471. The summed E-state index contributed by atoms with van der Waals surface area (Å²) in [6, 6.07) is 8.54. The number of aliphatic imine (C=N–C) groups is 1. The first-order valence-electron chi connectivity index (χ1n) is 7.53. The summed E-state index contributed by atoms with van der Waals surface area (Å²) >= 11 is 0. The van der Waals surface area contributed by atoms with Crippen molar-refractivity contribution in [2.24, 2.45) is 4.99 Å². The van der Waals surface area contributed by atoms with Crippen LogP contribution in [-0.4, -0.2) is 31.7 Å². The molecule has 0 saturated heterocycles. The topological polar surface area (TPSA) is 45.7 Å². The van der Waals surface area contributed by atoms with E-state index < -0.39 is 0 Å². The molecule has 1 aromatic rings. The molecule has 4 heteroatoms. The van der Waals surface area contributed by atoms with Crippen molar-refractivity contribution in [1.29, 1.82) is 0 Å². The monoisotopic (exact) mass is 287 g/mol. The van der Waals surface area contributed by atoms with E-state index in [0.717, 1.165) is 30.1 Å². The minimum Gasteiger partial charge on any atom is -0.489 e. The maximum atomic E-state index is 5.95. The highest BCUT2D eigenvalue weighted by molar-refractivity contribution is 5.80. The van der Waals surface area contributed by atoms with E-state index in [1.165, 1.54) is 0 Å². The smallest absolute Gasteiger partial charge is 0.191 e. The van der Waals surface area contributed by atoms with Crippen LogP contribution < -0.4 is 15.4 Å². The predicted octanol–water partition coefficient (Wildman–Crippen LogP) is 2.65. The second-order valence-corrected chi connectivity index (χ2v) is 5.43. The lowest BCUT2D eigenvalue weighted by molar-refractivity contribution is 0.222. The van der Waals surface area contributed by atoms with Gasteiger partial charge in [0, 0.05) is 13.1 Å². The number of hydrogen-bond donors (Lipinski definition) is 2. The first-order valence-corrected chi connectivity index (χ1v) is 7.53. The Morgan fingerprint density at radius 3 is 2.71 bits per heavy atom. The lowest BCUT2D eigenvalue weighted by Gasteiger charge is -2.20. The first-order chi connectivity index (χ1) is 10.2. The molecule has 1 unspecified atom stereocenters. The Balaban J connectivity index is 1.77. The number of guanidine groups is 1. The number of ether oxygens (including phenoxy) is 1. The highest BCUT2D eigenvalue weighted by atomic mass is 16.5. The normalized spacial score (nSPS) is 16.8. The van der Waals surface area contributed by atoms with Crippen molar-refractivity contribution < 1.29 is 4.74 Å². The highest BCUT2D eigenvalue weighted by Crippen LogP contribution is 2.17. The van der Waals surface area contributed by atoms with E-state index in [1.54, 1.807) is 7.05 Å². The third-order valence-corrected chi connectivity index (χ3v) is 3.55. The molecule has 114 valence electrons. The number of hydrogen-bond acceptors (Lipinski definition) is 2. The second-order valence-electron chi connectivity index (χ2n) is 5.43. The molecule has 2 N–H and O–H groups in total. The van der Waals surface area contributed by atoms with Crippen molar-refractivity contribution in [2.75, 3.05) is 13.6 Å². The largest absolute Gasteiger partial charge is 0.489 e. The van der Waals surface area contributed by atoms with Gasteiger partial charge in [0.1, 0.15) is 11.9 Å². The van der Waals surface area contributed by atoms with Crippen LogP contribution in [-0.2, 0) is 0 Å². The summed E-state index contributed by atoms with van der Waals surface area (Å²) in [5.74, 6) is 1.78. The summed E-state index contributed by atoms with van der Waals surface area (Å²) in [7, 11) is 1.80. The minimum absolute atomic E-state index is 0.0753. The number of nitrogens with one attached hydrogen (secondary N) is 2. The van der Waals surface area contributed by atoms with Crippen molar-refractivity contribution in [3.8, 4) is 5.75 Å². The van der Waals surface area contributed by atoms with E-state index >= 15 is 0 Å². The van der Waals surface area contributed by atoms with Gasteiger partial charge in [-0.25, -0.2) is 0 Å². The van der Waals surface area contributed by atoms with Gasteiger partial charge in [0.25, 0.3) is 0 Å². The molecule has 2 rings (SSSR count). The molecule has 0 amide bonds. The molecular weight excluding hydrogens is 262 g/mol. The van der Waals surface area contributed by atoms with E-state index in [9.17, 15) is 0 Å². The molecule has 21 heavy (non-hydrogen) atoms. The molecule has 1 aliphatic rings. The van der Waals surface area contributed by atoms with Crippen molar-refractivity contribution >= 4 is 5.96 Å². The third-order valence-electron chi connectivity index (χ3n) is 3.55. The number of nitrogens with zero attached hydrogens (tertiary/aromatic N) is 1. The van der Waals surface area contributed by atoms with Crippen LogP contribution in [0.15, 0.2) is 41.4 Å². The Morgan fingerprint density at radius 1 is 1.33 bits per heavy atom. The molecule has 0 radical (unpaired) electrons. The number of benzene rings is 1. The van der Waals surface area contributed by atoms with Gasteiger partial charge in [0.2, 0.25) is 0 Å². The zero-order chi connectivity index (χ0) is 15.1. The lowest BCUT2D eigenvalue weighted by atomic mass is 10.2. The standard InChI is InChI=1S/C17H25N3O/c1-13-8-4-7-11-16(13)21-14(2)12-19-17(18-3)20-15-9-5-6-10-15/h4-8,11,14-15H,9-10,12H2,1-3H3,(H2,18,19,20).